The van der Waals surface area contributed by atoms with Crippen molar-refractivity contribution in [2.75, 3.05) is 6.54 Å². The molecule has 0 fully saturated rings. The van der Waals surface area contributed by atoms with Gasteiger partial charge in [-0.2, -0.15) is 5.10 Å². The van der Waals surface area contributed by atoms with Crippen LogP contribution in [0.25, 0.3) is 11.1 Å². The summed E-state index contributed by atoms with van der Waals surface area (Å²) in [5.74, 6) is -0.0706. The smallest absolute Gasteiger partial charge is 0.270 e. The van der Waals surface area contributed by atoms with Crippen LogP contribution < -0.4 is 5.32 Å². The van der Waals surface area contributed by atoms with Crippen molar-refractivity contribution in [2.24, 2.45) is 0 Å². The number of aromatic nitrogens is 2. The maximum absolute atomic E-state index is 11.8. The molecule has 1 aromatic carbocycles. The number of carbonyl (C=O) groups excluding carboxylic acids is 1. The summed E-state index contributed by atoms with van der Waals surface area (Å²) in [7, 11) is 0. The predicted molar refractivity (Wildman–Crippen MR) is 65.0 cm³/mol. The van der Waals surface area contributed by atoms with Gasteiger partial charge in [0.25, 0.3) is 5.91 Å². The lowest BCUT2D eigenvalue weighted by Gasteiger charge is -2.15. The van der Waals surface area contributed by atoms with E-state index in [0.717, 1.165) is 11.1 Å². The zero-order chi connectivity index (χ0) is 11.8. The first-order valence-corrected chi connectivity index (χ1v) is 5.73. The molecule has 2 aromatic rings. The number of carbonyl (C=O) groups is 1. The highest BCUT2D eigenvalue weighted by Gasteiger charge is 2.22. The molecule has 0 bridgehead atoms. The Morgan fingerprint density at radius 3 is 2.82 bits per heavy atom. The fraction of sp³-hybridized carbons (Fsp3) is 0.167. The topological polar surface area (TPSA) is 46.9 Å². The standard InChI is InChI=1S/C12H10ClN3O/c13-9-3-1-8(2-4-9)10-7-15-16-6-5-14-12(17)11(10)16/h1-4,7H,5-6H2,(H,14,17). The van der Waals surface area contributed by atoms with Gasteiger partial charge in [0, 0.05) is 17.1 Å². The molecule has 0 saturated heterocycles. The van der Waals surface area contributed by atoms with Gasteiger partial charge in [0.15, 0.2) is 0 Å². The minimum Gasteiger partial charge on any atom is -0.349 e. The molecule has 0 aliphatic carbocycles. The molecule has 0 radical (unpaired) electrons. The van der Waals surface area contributed by atoms with E-state index >= 15 is 0 Å². The van der Waals surface area contributed by atoms with Crippen LogP contribution in [-0.2, 0) is 6.54 Å². The number of nitrogens with zero attached hydrogens (tertiary/aromatic N) is 2. The highest BCUT2D eigenvalue weighted by atomic mass is 35.5. The van der Waals surface area contributed by atoms with Crippen molar-refractivity contribution in [1.82, 2.24) is 15.1 Å². The van der Waals surface area contributed by atoms with Gasteiger partial charge in [-0.25, -0.2) is 0 Å². The van der Waals surface area contributed by atoms with Crippen LogP contribution in [0.2, 0.25) is 5.02 Å². The van der Waals surface area contributed by atoms with E-state index in [1.807, 2.05) is 24.3 Å². The second-order valence-corrected chi connectivity index (χ2v) is 4.33. The molecular formula is C12H10ClN3O. The van der Waals surface area contributed by atoms with Gasteiger partial charge in [-0.05, 0) is 17.7 Å². The molecule has 2 heterocycles. The minimum absolute atomic E-state index is 0.0706. The summed E-state index contributed by atoms with van der Waals surface area (Å²) in [6.07, 6.45) is 1.73. The molecule has 0 saturated carbocycles. The molecule has 1 amide bonds. The lowest BCUT2D eigenvalue weighted by atomic mass is 10.1. The summed E-state index contributed by atoms with van der Waals surface area (Å²) in [6.45, 7) is 1.35. The van der Waals surface area contributed by atoms with Gasteiger partial charge >= 0.3 is 0 Å². The van der Waals surface area contributed by atoms with E-state index in [2.05, 4.69) is 10.4 Å². The van der Waals surface area contributed by atoms with Gasteiger partial charge in [-0.1, -0.05) is 23.7 Å². The number of halogens is 1. The Morgan fingerprint density at radius 2 is 2.06 bits per heavy atom. The summed E-state index contributed by atoms with van der Waals surface area (Å²) < 4.78 is 1.74. The number of rotatable bonds is 1. The number of nitrogens with one attached hydrogen (secondary N) is 1. The van der Waals surface area contributed by atoms with Crippen molar-refractivity contribution in [3.63, 3.8) is 0 Å². The minimum atomic E-state index is -0.0706. The van der Waals surface area contributed by atoms with E-state index < -0.39 is 0 Å². The van der Waals surface area contributed by atoms with Gasteiger partial charge in [0.05, 0.1) is 12.7 Å². The number of fused-ring (bicyclic) bond motifs is 1. The normalized spacial score (nSPS) is 14.3. The average molecular weight is 248 g/mol. The van der Waals surface area contributed by atoms with E-state index in [4.69, 9.17) is 11.6 Å². The Morgan fingerprint density at radius 1 is 1.29 bits per heavy atom. The van der Waals surface area contributed by atoms with E-state index in [1.54, 1.807) is 10.9 Å². The van der Waals surface area contributed by atoms with Gasteiger partial charge in [-0.15, -0.1) is 0 Å². The number of benzene rings is 1. The lowest BCUT2D eigenvalue weighted by Crippen LogP contribution is -2.35. The second-order valence-electron chi connectivity index (χ2n) is 3.89. The third kappa shape index (κ3) is 1.70. The zero-order valence-corrected chi connectivity index (χ0v) is 9.74. The van der Waals surface area contributed by atoms with Crippen LogP contribution >= 0.6 is 11.6 Å². The molecule has 1 aromatic heterocycles. The maximum atomic E-state index is 11.8. The third-order valence-electron chi connectivity index (χ3n) is 2.82. The lowest BCUT2D eigenvalue weighted by molar-refractivity contribution is 0.0925. The van der Waals surface area contributed by atoms with Crippen molar-refractivity contribution < 1.29 is 4.79 Å². The summed E-state index contributed by atoms with van der Waals surface area (Å²) in [6, 6.07) is 7.40. The summed E-state index contributed by atoms with van der Waals surface area (Å²) in [4.78, 5) is 11.8. The predicted octanol–water partition coefficient (Wildman–Crippen LogP) is 1.95. The highest BCUT2D eigenvalue weighted by molar-refractivity contribution is 6.30. The van der Waals surface area contributed by atoms with Gasteiger partial charge in [-0.3, -0.25) is 9.48 Å². The Bertz CT molecular complexity index is 574. The first-order valence-electron chi connectivity index (χ1n) is 5.35. The average Bonchev–Trinajstić information content (AvgIpc) is 2.75. The van der Waals surface area contributed by atoms with Crippen LogP contribution in [0.5, 0.6) is 0 Å². The van der Waals surface area contributed by atoms with Crippen LogP contribution in [0.1, 0.15) is 10.5 Å². The van der Waals surface area contributed by atoms with E-state index in [1.165, 1.54) is 0 Å². The summed E-state index contributed by atoms with van der Waals surface area (Å²) >= 11 is 5.85. The van der Waals surface area contributed by atoms with Crippen molar-refractivity contribution in [3.8, 4) is 11.1 Å². The molecule has 1 aliphatic rings. The first kappa shape index (κ1) is 10.4. The Balaban J connectivity index is 2.12. The van der Waals surface area contributed by atoms with Gasteiger partial charge in [0.2, 0.25) is 0 Å². The van der Waals surface area contributed by atoms with Gasteiger partial charge in [0.1, 0.15) is 5.69 Å². The van der Waals surface area contributed by atoms with Crippen LogP contribution in [-0.4, -0.2) is 22.2 Å². The molecule has 1 aliphatic heterocycles. The zero-order valence-electron chi connectivity index (χ0n) is 8.98. The van der Waals surface area contributed by atoms with Crippen molar-refractivity contribution >= 4 is 17.5 Å². The van der Waals surface area contributed by atoms with E-state index in [9.17, 15) is 4.79 Å². The molecule has 5 heteroatoms. The molecule has 17 heavy (non-hydrogen) atoms. The molecule has 3 rings (SSSR count). The molecule has 4 nitrogen and oxygen atoms in total. The van der Waals surface area contributed by atoms with E-state index in [-0.39, 0.29) is 5.91 Å². The fourth-order valence-electron chi connectivity index (χ4n) is 1.99. The number of hydrogen-bond donors (Lipinski definition) is 1. The highest BCUT2D eigenvalue weighted by Crippen LogP contribution is 2.25. The molecule has 1 N–H and O–H groups in total. The van der Waals surface area contributed by atoms with Crippen LogP contribution in [0.4, 0.5) is 0 Å². The largest absolute Gasteiger partial charge is 0.349 e. The first-order chi connectivity index (χ1) is 8.25. The quantitative estimate of drug-likeness (QED) is 0.837. The summed E-state index contributed by atoms with van der Waals surface area (Å²) in [5.41, 5.74) is 2.42. The fourth-order valence-corrected chi connectivity index (χ4v) is 2.12. The third-order valence-corrected chi connectivity index (χ3v) is 3.07. The van der Waals surface area contributed by atoms with Crippen LogP contribution in [0.15, 0.2) is 30.5 Å². The maximum Gasteiger partial charge on any atom is 0.270 e. The number of hydrogen-bond acceptors (Lipinski definition) is 2. The van der Waals surface area contributed by atoms with Gasteiger partial charge < -0.3 is 5.32 Å². The number of amides is 1. The molecule has 0 spiro atoms. The van der Waals surface area contributed by atoms with Crippen molar-refractivity contribution in [3.05, 3.63) is 41.2 Å². The molecule has 86 valence electrons. The second kappa shape index (κ2) is 3.89. The monoisotopic (exact) mass is 247 g/mol. The summed E-state index contributed by atoms with van der Waals surface area (Å²) in [5, 5.41) is 7.73. The Labute approximate surface area is 103 Å². The van der Waals surface area contributed by atoms with Crippen LogP contribution in [0, 0.1) is 0 Å². The molecule has 0 atom stereocenters. The molecular weight excluding hydrogens is 238 g/mol. The van der Waals surface area contributed by atoms with E-state index in [0.29, 0.717) is 23.8 Å². The Kier molecular flexibility index (Phi) is 2.37. The SMILES string of the molecule is O=C1NCCn2ncc(-c3ccc(Cl)cc3)c21. The van der Waals surface area contributed by atoms with Crippen molar-refractivity contribution in [1.29, 1.82) is 0 Å². The Hall–Kier alpha value is -1.81. The van der Waals surface area contributed by atoms with Crippen LogP contribution in [0.3, 0.4) is 0 Å². The van der Waals surface area contributed by atoms with Crippen molar-refractivity contribution in [2.45, 2.75) is 6.54 Å². The molecule has 0 unspecified atom stereocenters.